The Morgan fingerprint density at radius 3 is 2.62 bits per heavy atom. The molecule has 0 aliphatic heterocycles. The standard InChI is InChI=1S/C12H20N4/c1-4-13-11-9-7-5-6-8-10(9)14-12(15-11)16(2)3/h4-8H2,1-3H3,(H,13,14,15). The van der Waals surface area contributed by atoms with Gasteiger partial charge in [0.05, 0.1) is 5.69 Å². The van der Waals surface area contributed by atoms with Crippen LogP contribution in [0.15, 0.2) is 0 Å². The summed E-state index contributed by atoms with van der Waals surface area (Å²) in [6.07, 6.45) is 4.72. The van der Waals surface area contributed by atoms with Crippen LogP contribution in [0, 0.1) is 0 Å². The Morgan fingerprint density at radius 2 is 1.94 bits per heavy atom. The summed E-state index contributed by atoms with van der Waals surface area (Å²) in [6.45, 7) is 3.02. The Labute approximate surface area is 97.1 Å². The lowest BCUT2D eigenvalue weighted by Gasteiger charge is -2.21. The van der Waals surface area contributed by atoms with Crippen molar-refractivity contribution in [2.45, 2.75) is 32.6 Å². The molecule has 1 aromatic heterocycles. The quantitative estimate of drug-likeness (QED) is 0.844. The van der Waals surface area contributed by atoms with Crippen molar-refractivity contribution in [2.24, 2.45) is 0 Å². The fourth-order valence-corrected chi connectivity index (χ4v) is 2.09. The summed E-state index contributed by atoms with van der Waals surface area (Å²) in [7, 11) is 3.97. The Morgan fingerprint density at radius 1 is 1.19 bits per heavy atom. The summed E-state index contributed by atoms with van der Waals surface area (Å²) in [6, 6.07) is 0. The fraction of sp³-hybridized carbons (Fsp3) is 0.667. The molecule has 0 fully saturated rings. The molecule has 1 aliphatic carbocycles. The minimum Gasteiger partial charge on any atom is -0.370 e. The first kappa shape index (κ1) is 11.2. The van der Waals surface area contributed by atoms with Crippen molar-refractivity contribution in [1.82, 2.24) is 9.97 Å². The van der Waals surface area contributed by atoms with Gasteiger partial charge in [-0.2, -0.15) is 4.98 Å². The first-order valence-electron chi connectivity index (χ1n) is 6.03. The van der Waals surface area contributed by atoms with E-state index in [1.807, 2.05) is 19.0 Å². The van der Waals surface area contributed by atoms with Crippen LogP contribution >= 0.6 is 0 Å². The van der Waals surface area contributed by atoms with Gasteiger partial charge in [0.1, 0.15) is 5.82 Å². The molecule has 0 atom stereocenters. The number of fused-ring (bicyclic) bond motifs is 1. The van der Waals surface area contributed by atoms with E-state index >= 15 is 0 Å². The number of aromatic nitrogens is 2. The molecule has 88 valence electrons. The largest absolute Gasteiger partial charge is 0.370 e. The summed E-state index contributed by atoms with van der Waals surface area (Å²) < 4.78 is 0. The molecule has 2 rings (SSSR count). The fourth-order valence-electron chi connectivity index (χ4n) is 2.09. The van der Waals surface area contributed by atoms with E-state index in [1.165, 1.54) is 24.1 Å². The number of hydrogen-bond donors (Lipinski definition) is 1. The zero-order chi connectivity index (χ0) is 11.5. The molecule has 0 radical (unpaired) electrons. The molecule has 0 aromatic carbocycles. The van der Waals surface area contributed by atoms with Gasteiger partial charge in [-0.3, -0.25) is 0 Å². The lowest BCUT2D eigenvalue weighted by Crippen LogP contribution is -2.19. The number of hydrogen-bond acceptors (Lipinski definition) is 4. The van der Waals surface area contributed by atoms with Gasteiger partial charge in [-0.25, -0.2) is 4.98 Å². The van der Waals surface area contributed by atoms with Gasteiger partial charge >= 0.3 is 0 Å². The van der Waals surface area contributed by atoms with Crippen molar-refractivity contribution in [2.75, 3.05) is 30.9 Å². The highest BCUT2D eigenvalue weighted by molar-refractivity contribution is 5.51. The van der Waals surface area contributed by atoms with E-state index < -0.39 is 0 Å². The second-order valence-corrected chi connectivity index (χ2v) is 4.43. The zero-order valence-corrected chi connectivity index (χ0v) is 10.4. The lowest BCUT2D eigenvalue weighted by atomic mass is 9.96. The smallest absolute Gasteiger partial charge is 0.227 e. The first-order chi connectivity index (χ1) is 7.72. The van der Waals surface area contributed by atoms with Gasteiger partial charge in [-0.15, -0.1) is 0 Å². The van der Waals surface area contributed by atoms with Crippen LogP contribution < -0.4 is 10.2 Å². The van der Waals surface area contributed by atoms with Crippen LogP contribution in [0.1, 0.15) is 31.0 Å². The van der Waals surface area contributed by atoms with Crippen LogP contribution in [0.5, 0.6) is 0 Å². The second-order valence-electron chi connectivity index (χ2n) is 4.43. The molecule has 1 aromatic rings. The Balaban J connectivity index is 2.43. The highest BCUT2D eigenvalue weighted by Crippen LogP contribution is 2.27. The molecule has 0 spiro atoms. The van der Waals surface area contributed by atoms with E-state index in [4.69, 9.17) is 0 Å². The Hall–Kier alpha value is -1.32. The predicted molar refractivity (Wildman–Crippen MR) is 67.2 cm³/mol. The van der Waals surface area contributed by atoms with Gasteiger partial charge in [0.2, 0.25) is 5.95 Å². The minimum absolute atomic E-state index is 0.816. The van der Waals surface area contributed by atoms with Crippen molar-refractivity contribution in [3.8, 4) is 0 Å². The van der Waals surface area contributed by atoms with E-state index in [0.717, 1.165) is 31.2 Å². The number of nitrogens with zero attached hydrogens (tertiary/aromatic N) is 3. The molecule has 1 heterocycles. The van der Waals surface area contributed by atoms with Gasteiger partial charge in [-0.05, 0) is 32.6 Å². The van der Waals surface area contributed by atoms with Gasteiger partial charge in [0.25, 0.3) is 0 Å². The number of anilines is 2. The molecule has 1 N–H and O–H groups in total. The highest BCUT2D eigenvalue weighted by Gasteiger charge is 2.17. The Kier molecular flexibility index (Phi) is 3.27. The maximum atomic E-state index is 4.63. The highest BCUT2D eigenvalue weighted by atomic mass is 15.2. The van der Waals surface area contributed by atoms with Crippen LogP contribution in [0.4, 0.5) is 11.8 Å². The molecule has 1 aliphatic rings. The van der Waals surface area contributed by atoms with Crippen LogP contribution in [0.2, 0.25) is 0 Å². The summed E-state index contributed by atoms with van der Waals surface area (Å²) in [5.41, 5.74) is 2.57. The summed E-state index contributed by atoms with van der Waals surface area (Å²) in [5.74, 6) is 1.85. The van der Waals surface area contributed by atoms with Crippen LogP contribution in [-0.4, -0.2) is 30.6 Å². The lowest BCUT2D eigenvalue weighted by molar-refractivity contribution is 0.662. The van der Waals surface area contributed by atoms with Crippen molar-refractivity contribution in [3.05, 3.63) is 11.3 Å². The van der Waals surface area contributed by atoms with Crippen molar-refractivity contribution in [3.63, 3.8) is 0 Å². The number of aryl methyl sites for hydroxylation is 1. The van der Waals surface area contributed by atoms with Gasteiger partial charge in [0, 0.05) is 26.2 Å². The third-order valence-electron chi connectivity index (χ3n) is 2.92. The van der Waals surface area contributed by atoms with Crippen molar-refractivity contribution < 1.29 is 0 Å². The molecule has 0 unspecified atom stereocenters. The number of nitrogens with one attached hydrogen (secondary N) is 1. The molecule has 16 heavy (non-hydrogen) atoms. The summed E-state index contributed by atoms with van der Waals surface area (Å²) in [5, 5.41) is 3.35. The number of rotatable bonds is 3. The molecule has 0 saturated carbocycles. The molecule has 4 heteroatoms. The predicted octanol–water partition coefficient (Wildman–Crippen LogP) is 1.85. The maximum absolute atomic E-state index is 4.63. The normalized spacial score (nSPS) is 14.4. The molecule has 0 amide bonds. The van der Waals surface area contributed by atoms with Gasteiger partial charge < -0.3 is 10.2 Å². The second kappa shape index (κ2) is 4.68. The average molecular weight is 220 g/mol. The van der Waals surface area contributed by atoms with Crippen molar-refractivity contribution >= 4 is 11.8 Å². The third-order valence-corrected chi connectivity index (χ3v) is 2.92. The van der Waals surface area contributed by atoms with E-state index in [9.17, 15) is 0 Å². The molecule has 0 saturated heterocycles. The zero-order valence-electron chi connectivity index (χ0n) is 10.4. The average Bonchev–Trinajstić information content (AvgIpc) is 2.29. The molecular weight excluding hydrogens is 200 g/mol. The molecule has 4 nitrogen and oxygen atoms in total. The van der Waals surface area contributed by atoms with E-state index in [-0.39, 0.29) is 0 Å². The monoisotopic (exact) mass is 220 g/mol. The SMILES string of the molecule is CCNc1nc(N(C)C)nc2c1CCCC2. The van der Waals surface area contributed by atoms with Gasteiger partial charge in [-0.1, -0.05) is 0 Å². The molecule has 0 bridgehead atoms. The Bertz CT molecular complexity index is 374. The summed E-state index contributed by atoms with van der Waals surface area (Å²) >= 11 is 0. The van der Waals surface area contributed by atoms with Crippen molar-refractivity contribution in [1.29, 1.82) is 0 Å². The van der Waals surface area contributed by atoms with Gasteiger partial charge in [0.15, 0.2) is 0 Å². The van der Waals surface area contributed by atoms with Crippen LogP contribution in [0.3, 0.4) is 0 Å². The maximum Gasteiger partial charge on any atom is 0.227 e. The van der Waals surface area contributed by atoms with Crippen LogP contribution in [0.25, 0.3) is 0 Å². The third kappa shape index (κ3) is 2.10. The summed E-state index contributed by atoms with van der Waals surface area (Å²) in [4.78, 5) is 11.2. The van der Waals surface area contributed by atoms with E-state index in [2.05, 4.69) is 22.2 Å². The molecular formula is C12H20N4. The van der Waals surface area contributed by atoms with E-state index in [1.54, 1.807) is 0 Å². The van der Waals surface area contributed by atoms with E-state index in [0.29, 0.717) is 0 Å². The first-order valence-corrected chi connectivity index (χ1v) is 6.03. The topological polar surface area (TPSA) is 41.1 Å². The minimum atomic E-state index is 0.816. The van der Waals surface area contributed by atoms with Crippen LogP contribution in [-0.2, 0) is 12.8 Å².